The fourth-order valence-corrected chi connectivity index (χ4v) is 4.71. The van der Waals surface area contributed by atoms with Gasteiger partial charge in [0.1, 0.15) is 11.5 Å². The minimum atomic E-state index is -0.754. The molecule has 0 saturated heterocycles. The first-order valence-electron chi connectivity index (χ1n) is 16.3. The summed E-state index contributed by atoms with van der Waals surface area (Å²) in [5.41, 5.74) is 5.63. The Kier molecular flexibility index (Phi) is 14.5. The Balaban J connectivity index is 1.07. The van der Waals surface area contributed by atoms with Crippen LogP contribution in [-0.4, -0.2) is 46.0 Å². The molecule has 53 heavy (non-hydrogen) atoms. The maximum atomic E-state index is 12.4. The summed E-state index contributed by atoms with van der Waals surface area (Å²) in [4.78, 5) is 69.8. The van der Waals surface area contributed by atoms with Crippen molar-refractivity contribution in [3.63, 3.8) is 0 Å². The number of hydrogen-bond donors (Lipinski definition) is 2. The number of nitro groups is 2. The molecule has 16 nitrogen and oxygen atoms in total. The van der Waals surface area contributed by atoms with E-state index in [0.717, 1.165) is 31.4 Å². The molecule has 0 aromatic heterocycles. The molecule has 4 aromatic rings. The van der Waals surface area contributed by atoms with Crippen molar-refractivity contribution in [2.24, 2.45) is 10.2 Å². The highest BCUT2D eigenvalue weighted by Crippen LogP contribution is 2.19. The molecule has 0 atom stereocenters. The first-order chi connectivity index (χ1) is 25.6. The SMILES string of the molecule is O=C(CCCCCCCC(=O)NN=Cc1cccc(OC(=O)c2cccc([N+](=O)[O-])c2)c1)NN=Cc1cccc(OC(=O)c2cccc([N+](=O)[O-])c2)c1. The van der Waals surface area contributed by atoms with Crippen LogP contribution in [0, 0.1) is 20.2 Å². The summed E-state index contributed by atoms with van der Waals surface area (Å²) in [5, 5.41) is 29.8. The summed E-state index contributed by atoms with van der Waals surface area (Å²) in [6, 6.07) is 23.2. The van der Waals surface area contributed by atoms with Crippen molar-refractivity contribution in [3.8, 4) is 11.5 Å². The Labute approximate surface area is 302 Å². The normalized spacial score (nSPS) is 10.9. The lowest BCUT2D eigenvalue weighted by Crippen LogP contribution is -2.17. The van der Waals surface area contributed by atoms with Crippen LogP contribution >= 0.6 is 0 Å². The van der Waals surface area contributed by atoms with Crippen LogP contribution < -0.4 is 20.3 Å². The van der Waals surface area contributed by atoms with Crippen LogP contribution in [0.4, 0.5) is 11.4 Å². The minimum absolute atomic E-state index is 0.0331. The smallest absolute Gasteiger partial charge is 0.343 e. The third-order valence-electron chi connectivity index (χ3n) is 7.34. The van der Waals surface area contributed by atoms with Gasteiger partial charge in [0.2, 0.25) is 11.8 Å². The van der Waals surface area contributed by atoms with Crippen LogP contribution in [0.1, 0.15) is 76.8 Å². The molecule has 0 aliphatic rings. The lowest BCUT2D eigenvalue weighted by molar-refractivity contribution is -0.385. The highest BCUT2D eigenvalue weighted by atomic mass is 16.6. The lowest BCUT2D eigenvalue weighted by atomic mass is 10.1. The first kappa shape index (κ1) is 38.7. The van der Waals surface area contributed by atoms with E-state index in [9.17, 15) is 39.4 Å². The van der Waals surface area contributed by atoms with Gasteiger partial charge in [-0.15, -0.1) is 0 Å². The minimum Gasteiger partial charge on any atom is -0.423 e. The molecule has 0 radical (unpaired) electrons. The van der Waals surface area contributed by atoms with Crippen molar-refractivity contribution in [2.75, 3.05) is 0 Å². The Morgan fingerprint density at radius 1 is 0.566 bits per heavy atom. The number of benzene rings is 4. The molecule has 0 bridgehead atoms. The van der Waals surface area contributed by atoms with Crippen LogP contribution in [0.15, 0.2) is 107 Å². The standard InChI is InChI=1S/C37H34N6O10/c44-34(40-38-24-26-10-6-16-32(20-26)52-36(46)28-12-8-14-30(22-28)42(48)49)18-4-2-1-3-5-19-35(45)41-39-25-27-11-7-17-33(21-27)53-37(47)29-13-9-15-31(23-29)43(50)51/h6-17,20-25H,1-5,18-19H2,(H,40,44)(H,41,45). The van der Waals surface area contributed by atoms with Gasteiger partial charge < -0.3 is 9.47 Å². The number of hydrazone groups is 2. The number of carbonyl (C=O) groups is 4. The largest absolute Gasteiger partial charge is 0.423 e. The second-order valence-corrected chi connectivity index (χ2v) is 11.4. The monoisotopic (exact) mass is 722 g/mol. The molecule has 4 rings (SSSR count). The van der Waals surface area contributed by atoms with Gasteiger partial charge in [-0.2, -0.15) is 10.2 Å². The van der Waals surface area contributed by atoms with E-state index in [0.29, 0.717) is 24.0 Å². The van der Waals surface area contributed by atoms with Crippen molar-refractivity contribution in [1.29, 1.82) is 0 Å². The number of carbonyl (C=O) groups excluding carboxylic acids is 4. The summed E-state index contributed by atoms with van der Waals surface area (Å²) in [6.45, 7) is 0. The fraction of sp³-hybridized carbons (Fsp3) is 0.189. The Morgan fingerprint density at radius 3 is 1.38 bits per heavy atom. The summed E-state index contributed by atoms with van der Waals surface area (Å²) in [6.07, 6.45) is 7.02. The van der Waals surface area contributed by atoms with Crippen molar-refractivity contribution in [2.45, 2.75) is 44.9 Å². The van der Waals surface area contributed by atoms with Gasteiger partial charge in [0, 0.05) is 37.1 Å². The summed E-state index contributed by atoms with van der Waals surface area (Å²) < 4.78 is 10.6. The van der Waals surface area contributed by atoms with Gasteiger partial charge in [-0.25, -0.2) is 20.4 Å². The third kappa shape index (κ3) is 13.3. The second-order valence-electron chi connectivity index (χ2n) is 11.4. The predicted molar refractivity (Wildman–Crippen MR) is 193 cm³/mol. The number of nitrogens with zero attached hydrogens (tertiary/aromatic N) is 4. The van der Waals surface area contributed by atoms with E-state index >= 15 is 0 Å². The van der Waals surface area contributed by atoms with Gasteiger partial charge in [0.15, 0.2) is 0 Å². The highest BCUT2D eigenvalue weighted by Gasteiger charge is 2.15. The molecular formula is C37H34N6O10. The predicted octanol–water partition coefficient (Wildman–Crippen LogP) is 6.27. The van der Waals surface area contributed by atoms with Gasteiger partial charge in [0.05, 0.1) is 33.4 Å². The molecule has 0 spiro atoms. The molecule has 2 amide bonds. The topological polar surface area (TPSA) is 222 Å². The van der Waals surface area contributed by atoms with Crippen molar-refractivity contribution in [1.82, 2.24) is 10.9 Å². The van der Waals surface area contributed by atoms with E-state index in [1.807, 2.05) is 0 Å². The van der Waals surface area contributed by atoms with Gasteiger partial charge in [-0.1, -0.05) is 55.7 Å². The molecule has 4 aromatic carbocycles. The molecule has 0 heterocycles. The number of hydrogen-bond acceptors (Lipinski definition) is 12. The Morgan fingerprint density at radius 2 is 0.962 bits per heavy atom. The average molecular weight is 723 g/mol. The lowest BCUT2D eigenvalue weighted by Gasteiger charge is -2.05. The van der Waals surface area contributed by atoms with E-state index in [-0.39, 0.29) is 58.7 Å². The molecule has 16 heteroatoms. The zero-order valence-corrected chi connectivity index (χ0v) is 28.2. The van der Waals surface area contributed by atoms with Gasteiger partial charge in [-0.05, 0) is 60.4 Å². The maximum absolute atomic E-state index is 12.4. The van der Waals surface area contributed by atoms with Crippen LogP contribution in [-0.2, 0) is 9.59 Å². The number of nitrogens with one attached hydrogen (secondary N) is 2. The number of non-ortho nitro benzene ring substituents is 2. The van der Waals surface area contributed by atoms with Crippen LogP contribution in [0.5, 0.6) is 11.5 Å². The van der Waals surface area contributed by atoms with E-state index < -0.39 is 21.8 Å². The molecule has 0 aliphatic heterocycles. The molecule has 0 unspecified atom stereocenters. The van der Waals surface area contributed by atoms with Gasteiger partial charge in [-0.3, -0.25) is 29.8 Å². The first-order valence-corrected chi connectivity index (χ1v) is 16.3. The Bertz CT molecular complexity index is 1890. The number of rotatable bonds is 18. The van der Waals surface area contributed by atoms with E-state index in [1.165, 1.54) is 61.0 Å². The summed E-state index contributed by atoms with van der Waals surface area (Å²) >= 11 is 0. The van der Waals surface area contributed by atoms with Gasteiger partial charge in [0.25, 0.3) is 11.4 Å². The van der Waals surface area contributed by atoms with Crippen molar-refractivity contribution < 1.29 is 38.5 Å². The Hall–Kier alpha value is -7.10. The van der Waals surface area contributed by atoms with Crippen LogP contribution in [0.25, 0.3) is 0 Å². The van der Waals surface area contributed by atoms with E-state index in [4.69, 9.17) is 9.47 Å². The molecular weight excluding hydrogens is 688 g/mol. The average Bonchev–Trinajstić information content (AvgIpc) is 3.15. The number of esters is 2. The van der Waals surface area contributed by atoms with Gasteiger partial charge >= 0.3 is 11.9 Å². The zero-order valence-electron chi connectivity index (χ0n) is 28.2. The molecule has 0 aliphatic carbocycles. The molecule has 0 saturated carbocycles. The summed E-state index contributed by atoms with van der Waals surface area (Å²) in [5.74, 6) is -1.63. The second kappa shape index (κ2) is 19.9. The van der Waals surface area contributed by atoms with E-state index in [1.54, 1.807) is 36.4 Å². The van der Waals surface area contributed by atoms with Crippen molar-refractivity contribution in [3.05, 3.63) is 140 Å². The van der Waals surface area contributed by atoms with E-state index in [2.05, 4.69) is 21.1 Å². The molecule has 0 fully saturated rings. The van der Waals surface area contributed by atoms with Crippen LogP contribution in [0.2, 0.25) is 0 Å². The summed E-state index contributed by atoms with van der Waals surface area (Å²) in [7, 11) is 0. The van der Waals surface area contributed by atoms with Crippen LogP contribution in [0.3, 0.4) is 0 Å². The molecule has 272 valence electrons. The number of unbranched alkanes of at least 4 members (excludes halogenated alkanes) is 4. The third-order valence-corrected chi connectivity index (χ3v) is 7.34. The number of nitro benzene ring substituents is 2. The fourth-order valence-electron chi connectivity index (χ4n) is 4.71. The number of amides is 2. The quantitative estimate of drug-likeness (QED) is 0.0292. The maximum Gasteiger partial charge on any atom is 0.343 e. The van der Waals surface area contributed by atoms with Crippen molar-refractivity contribution >= 4 is 47.6 Å². The number of ether oxygens (including phenoxy) is 2. The highest BCUT2D eigenvalue weighted by molar-refractivity contribution is 5.93. The zero-order chi connectivity index (χ0) is 38.0. The molecule has 2 N–H and O–H groups in total.